The van der Waals surface area contributed by atoms with Crippen LogP contribution in [0.4, 0.5) is 17.6 Å². The van der Waals surface area contributed by atoms with Crippen molar-refractivity contribution in [2.24, 2.45) is 0 Å². The van der Waals surface area contributed by atoms with Gasteiger partial charge in [-0.05, 0) is 39.5 Å². The molecule has 0 amide bonds. The molecule has 0 radical (unpaired) electrons. The molecule has 0 aromatic carbocycles. The van der Waals surface area contributed by atoms with Crippen molar-refractivity contribution in [2.45, 2.75) is 99.1 Å². The van der Waals surface area contributed by atoms with Crippen LogP contribution < -0.4 is 0 Å². The second-order valence-electron chi connectivity index (χ2n) is 10.0. The van der Waals surface area contributed by atoms with E-state index in [0.717, 1.165) is 27.7 Å². The van der Waals surface area contributed by atoms with E-state index in [1.807, 2.05) is 0 Å². The Bertz CT molecular complexity index is 1350. The van der Waals surface area contributed by atoms with Crippen LogP contribution in [0.25, 0.3) is 0 Å². The van der Waals surface area contributed by atoms with Gasteiger partial charge in [-0.25, -0.2) is 34.4 Å². The van der Waals surface area contributed by atoms with Crippen molar-refractivity contribution in [1.82, 2.24) is 8.61 Å². The molecule has 20 heteroatoms. The number of hydrogen-bond acceptors (Lipinski definition) is 8. The molecule has 4 unspecified atom stereocenters. The normalized spacial score (nSPS) is 22.3. The molecule has 2 N–H and O–H groups in total. The quantitative estimate of drug-likeness (QED) is 0.205. The van der Waals surface area contributed by atoms with Crippen molar-refractivity contribution < 1.29 is 60.3 Å². The van der Waals surface area contributed by atoms with Gasteiger partial charge in [-0.2, -0.15) is 25.4 Å². The van der Waals surface area contributed by atoms with E-state index in [0.29, 0.717) is 22.5 Å². The Morgan fingerprint density at radius 1 is 0.650 bits per heavy atom. The van der Waals surface area contributed by atoms with Crippen molar-refractivity contribution in [2.75, 3.05) is 26.2 Å². The Labute approximate surface area is 234 Å². The third kappa shape index (κ3) is 5.92. The van der Waals surface area contributed by atoms with Gasteiger partial charge in [-0.15, -0.1) is 0 Å². The van der Waals surface area contributed by atoms with Gasteiger partial charge in [0.2, 0.25) is 20.0 Å². The molecule has 0 bridgehead atoms. The molecule has 1 saturated heterocycles. The van der Waals surface area contributed by atoms with Crippen molar-refractivity contribution in [3.63, 3.8) is 0 Å². The minimum absolute atomic E-state index is 0.496. The summed E-state index contributed by atoms with van der Waals surface area (Å²) in [7, 11) is -21.0. The summed E-state index contributed by atoms with van der Waals surface area (Å²) in [6.07, 6.45) is -3.26. The zero-order valence-corrected chi connectivity index (χ0v) is 26.3. The predicted molar refractivity (Wildman–Crippen MR) is 140 cm³/mol. The van der Waals surface area contributed by atoms with E-state index in [9.17, 15) is 42.8 Å². The van der Waals surface area contributed by atoms with Crippen molar-refractivity contribution in [1.29, 1.82) is 0 Å². The van der Waals surface area contributed by atoms with Crippen LogP contribution in [0, 0.1) is 0 Å². The maximum absolute atomic E-state index is 15.5. The van der Waals surface area contributed by atoms with E-state index in [1.165, 1.54) is 0 Å². The summed E-state index contributed by atoms with van der Waals surface area (Å²) in [4.78, 5) is 0. The van der Waals surface area contributed by atoms with Gasteiger partial charge in [0.05, 0.1) is 0 Å². The highest BCUT2D eigenvalue weighted by Gasteiger charge is 2.67. The van der Waals surface area contributed by atoms with Gasteiger partial charge < -0.3 is 0 Å². The van der Waals surface area contributed by atoms with Crippen LogP contribution in [-0.2, 0) is 40.3 Å². The van der Waals surface area contributed by atoms with Crippen molar-refractivity contribution >= 4 is 40.3 Å². The monoisotopic (exact) mass is 670 g/mol. The average molecular weight is 671 g/mol. The SMILES string of the molecule is CCC(C(F)(F)C(C)(CC)S(=O)(=O)N1CCN(S(=O)(=O)C(CC)C(F)(F)C(C)(CC)S(=O)(=O)O)CC1)S(=O)(=O)O. The van der Waals surface area contributed by atoms with E-state index < -0.39 is 124 Å². The average Bonchev–Trinajstić information content (AvgIpc) is 2.81. The molecular weight excluding hydrogens is 632 g/mol. The van der Waals surface area contributed by atoms with E-state index in [-0.39, 0.29) is 0 Å². The lowest BCUT2D eigenvalue weighted by molar-refractivity contribution is -0.0482. The molecule has 1 heterocycles. The maximum atomic E-state index is 15.5. The highest BCUT2D eigenvalue weighted by Crippen LogP contribution is 2.46. The van der Waals surface area contributed by atoms with Gasteiger partial charge in [-0.3, -0.25) is 9.11 Å². The molecule has 1 fully saturated rings. The van der Waals surface area contributed by atoms with Gasteiger partial charge in [-0.1, -0.05) is 27.7 Å². The number of rotatable bonds is 14. The lowest BCUT2D eigenvalue weighted by atomic mass is 9.95. The first kappa shape index (κ1) is 37.4. The molecule has 0 aromatic rings. The van der Waals surface area contributed by atoms with Crippen LogP contribution in [0.5, 0.6) is 0 Å². The Kier molecular flexibility index (Phi) is 11.0. The van der Waals surface area contributed by atoms with Crippen LogP contribution in [0.2, 0.25) is 0 Å². The number of hydrogen-bond donors (Lipinski definition) is 2. The number of sulfonamides is 2. The minimum Gasteiger partial charge on any atom is -0.285 e. The Balaban J connectivity index is 3.43. The van der Waals surface area contributed by atoms with Crippen molar-refractivity contribution in [3.8, 4) is 0 Å². The summed E-state index contributed by atoms with van der Waals surface area (Å²) in [5.41, 5.74) is 0. The first-order valence-corrected chi connectivity index (χ1v) is 18.3. The van der Waals surface area contributed by atoms with Gasteiger partial charge >= 0.3 is 0 Å². The topological polar surface area (TPSA) is 183 Å². The fourth-order valence-corrected chi connectivity index (χ4v) is 11.0. The molecule has 4 atom stereocenters. The molecular formula is C20H38F4N2O10S4. The van der Waals surface area contributed by atoms with E-state index in [1.54, 1.807) is 0 Å². The van der Waals surface area contributed by atoms with Crippen molar-refractivity contribution in [3.05, 3.63) is 0 Å². The molecule has 0 aliphatic carbocycles. The van der Waals surface area contributed by atoms with E-state index in [4.69, 9.17) is 0 Å². The second-order valence-corrected chi connectivity index (χ2v) is 18.0. The third-order valence-electron chi connectivity index (χ3n) is 8.07. The van der Waals surface area contributed by atoms with Crippen LogP contribution in [0.15, 0.2) is 0 Å². The molecule has 1 rings (SSSR count). The highest BCUT2D eigenvalue weighted by atomic mass is 32.2. The van der Waals surface area contributed by atoms with Gasteiger partial charge in [0, 0.05) is 26.2 Å². The molecule has 240 valence electrons. The summed E-state index contributed by atoms with van der Waals surface area (Å²) in [5.74, 6) is -9.00. The Morgan fingerprint density at radius 2 is 1.00 bits per heavy atom. The number of piperazine rings is 1. The van der Waals surface area contributed by atoms with Crippen LogP contribution in [-0.4, -0.2) is 109 Å². The molecule has 1 aliphatic heterocycles. The van der Waals surface area contributed by atoms with Gasteiger partial charge in [0.25, 0.3) is 32.1 Å². The second kappa shape index (κ2) is 11.8. The van der Waals surface area contributed by atoms with Gasteiger partial charge in [0.15, 0.2) is 10.00 Å². The summed E-state index contributed by atoms with van der Waals surface area (Å²) >= 11 is 0. The lowest BCUT2D eigenvalue weighted by Gasteiger charge is -2.44. The van der Waals surface area contributed by atoms with E-state index >= 15 is 17.6 Å². The summed E-state index contributed by atoms with van der Waals surface area (Å²) < 4.78 is 176. The summed E-state index contributed by atoms with van der Waals surface area (Å²) in [6.45, 7) is 2.24. The number of halogens is 4. The standard InChI is InChI=1S/C20H38F4N2O10S4/c1-7-15(19(21,22)18(6,10-4)40(34,35)36)37(27,28)25-11-13-26(14-12-25)39(32,33)17(5,9-3)20(23,24)16(8-2)38(29,30)31/h15-16H,7-14H2,1-6H3,(H,29,30,31)(H,34,35,36). The molecule has 12 nitrogen and oxygen atoms in total. The molecule has 40 heavy (non-hydrogen) atoms. The number of alkyl halides is 4. The van der Waals surface area contributed by atoms with E-state index in [2.05, 4.69) is 0 Å². The molecule has 1 aliphatic rings. The minimum atomic E-state index is -5.45. The largest absolute Gasteiger partial charge is 0.287 e. The van der Waals surface area contributed by atoms with Crippen LogP contribution in [0.3, 0.4) is 0 Å². The first-order valence-electron chi connectivity index (χ1n) is 12.4. The molecule has 0 spiro atoms. The highest BCUT2D eigenvalue weighted by molar-refractivity contribution is 7.91. The lowest BCUT2D eigenvalue weighted by Crippen LogP contribution is -2.65. The first-order chi connectivity index (χ1) is 17.7. The van der Waals surface area contributed by atoms with Crippen LogP contribution in [0.1, 0.15) is 67.2 Å². The van der Waals surface area contributed by atoms with Gasteiger partial charge in [0.1, 0.15) is 10.00 Å². The molecule has 0 aromatic heterocycles. The molecule has 0 saturated carbocycles. The maximum Gasteiger partial charge on any atom is 0.287 e. The number of nitrogens with zero attached hydrogens (tertiary/aromatic N) is 2. The summed E-state index contributed by atoms with van der Waals surface area (Å²) in [6, 6.07) is 0. The third-order valence-corrected chi connectivity index (χ3v) is 16.3. The van der Waals surface area contributed by atoms with Crippen LogP contribution >= 0.6 is 0 Å². The Morgan fingerprint density at radius 3 is 1.30 bits per heavy atom. The smallest absolute Gasteiger partial charge is 0.285 e. The Hall–Kier alpha value is -0.640. The summed E-state index contributed by atoms with van der Waals surface area (Å²) in [5, 5.41) is -5.40. The fraction of sp³-hybridized carbons (Fsp3) is 1.00. The predicted octanol–water partition coefficient (Wildman–Crippen LogP) is 2.20. The zero-order valence-electron chi connectivity index (χ0n) is 23.0. The fourth-order valence-electron chi connectivity index (χ4n) is 4.80. The zero-order chi connectivity index (χ0) is 32.0.